The predicted molar refractivity (Wildman–Crippen MR) is 85.3 cm³/mol. The number of pyridine rings is 1. The second kappa shape index (κ2) is 5.77. The molecule has 2 aromatic heterocycles. The van der Waals surface area contributed by atoms with Gasteiger partial charge < -0.3 is 9.26 Å². The maximum absolute atomic E-state index is 12.5. The Labute approximate surface area is 137 Å². The molecule has 120 valence electrons. The second-order valence-electron chi connectivity index (χ2n) is 5.40. The van der Waals surface area contributed by atoms with Crippen LogP contribution in [0.3, 0.4) is 0 Å². The summed E-state index contributed by atoms with van der Waals surface area (Å²) in [7, 11) is 0. The first-order valence-corrected chi connectivity index (χ1v) is 7.52. The van der Waals surface area contributed by atoms with Gasteiger partial charge in [0.25, 0.3) is 5.91 Å². The molecule has 0 N–H and O–H groups in total. The minimum absolute atomic E-state index is 0.141. The fraction of sp³-hybridized carbons (Fsp3) is 0.176. The zero-order valence-corrected chi connectivity index (χ0v) is 12.9. The third-order valence-corrected chi connectivity index (χ3v) is 3.77. The van der Waals surface area contributed by atoms with Gasteiger partial charge >= 0.3 is 0 Å². The van der Waals surface area contributed by atoms with Crippen LogP contribution in [-0.2, 0) is 11.3 Å². The van der Waals surface area contributed by atoms with Crippen LogP contribution >= 0.6 is 0 Å². The highest BCUT2D eigenvalue weighted by molar-refractivity contribution is 5.99. The van der Waals surface area contributed by atoms with E-state index < -0.39 is 6.10 Å². The number of nitrogens with zero attached hydrogens (tertiary/aromatic N) is 4. The van der Waals surface area contributed by atoms with Crippen molar-refractivity contribution >= 4 is 11.6 Å². The summed E-state index contributed by atoms with van der Waals surface area (Å²) < 4.78 is 10.9. The summed E-state index contributed by atoms with van der Waals surface area (Å²) in [6, 6.07) is 11.0. The van der Waals surface area contributed by atoms with Crippen LogP contribution in [0.25, 0.3) is 11.4 Å². The SMILES string of the molecule is CC1Oc2ccccc2N(Cc2nc(-c3ccncc3)no2)C1=O. The molecule has 4 rings (SSSR count). The quantitative estimate of drug-likeness (QED) is 0.737. The number of aromatic nitrogens is 3. The maximum Gasteiger partial charge on any atom is 0.268 e. The molecule has 1 aliphatic rings. The van der Waals surface area contributed by atoms with E-state index in [1.807, 2.05) is 24.3 Å². The number of carbonyl (C=O) groups excluding carboxylic acids is 1. The van der Waals surface area contributed by atoms with E-state index >= 15 is 0 Å². The van der Waals surface area contributed by atoms with Gasteiger partial charge in [0.15, 0.2) is 6.10 Å². The number of hydrogen-bond donors (Lipinski definition) is 0. The molecule has 0 spiro atoms. The molecule has 0 bridgehead atoms. The normalized spacial score (nSPS) is 16.6. The zero-order chi connectivity index (χ0) is 16.5. The van der Waals surface area contributed by atoms with E-state index in [0.29, 0.717) is 23.2 Å². The summed E-state index contributed by atoms with van der Waals surface area (Å²) in [4.78, 5) is 22.4. The van der Waals surface area contributed by atoms with E-state index in [9.17, 15) is 4.79 Å². The van der Waals surface area contributed by atoms with Gasteiger partial charge in [-0.05, 0) is 31.2 Å². The molecule has 1 atom stereocenters. The molecular weight excluding hydrogens is 308 g/mol. The number of benzene rings is 1. The van der Waals surface area contributed by atoms with Gasteiger partial charge in [-0.25, -0.2) is 0 Å². The first-order chi connectivity index (χ1) is 11.7. The fourth-order valence-electron chi connectivity index (χ4n) is 2.59. The van der Waals surface area contributed by atoms with Crippen LogP contribution in [0.15, 0.2) is 53.3 Å². The maximum atomic E-state index is 12.5. The third kappa shape index (κ3) is 2.50. The highest BCUT2D eigenvalue weighted by Crippen LogP contribution is 2.34. The average Bonchev–Trinajstić information content (AvgIpc) is 3.08. The Balaban J connectivity index is 1.64. The van der Waals surface area contributed by atoms with Gasteiger partial charge in [0.05, 0.1) is 5.69 Å². The van der Waals surface area contributed by atoms with E-state index in [0.717, 1.165) is 5.56 Å². The zero-order valence-electron chi connectivity index (χ0n) is 12.9. The summed E-state index contributed by atoms with van der Waals surface area (Å²) in [6.07, 6.45) is 2.77. The average molecular weight is 322 g/mol. The van der Waals surface area contributed by atoms with Crippen LogP contribution in [0.2, 0.25) is 0 Å². The molecule has 0 aliphatic carbocycles. The fourth-order valence-corrected chi connectivity index (χ4v) is 2.59. The van der Waals surface area contributed by atoms with Crippen molar-refractivity contribution in [3.63, 3.8) is 0 Å². The first kappa shape index (κ1) is 14.4. The Hall–Kier alpha value is -3.22. The minimum Gasteiger partial charge on any atom is -0.479 e. The summed E-state index contributed by atoms with van der Waals surface area (Å²) in [5.74, 6) is 1.35. The lowest BCUT2D eigenvalue weighted by molar-refractivity contribution is -0.125. The van der Waals surface area contributed by atoms with Crippen LogP contribution in [0.1, 0.15) is 12.8 Å². The van der Waals surface area contributed by atoms with Gasteiger partial charge in [-0.2, -0.15) is 4.98 Å². The van der Waals surface area contributed by atoms with Gasteiger partial charge in [0.2, 0.25) is 11.7 Å². The van der Waals surface area contributed by atoms with Crippen LogP contribution < -0.4 is 9.64 Å². The molecule has 1 aliphatic heterocycles. The Bertz CT molecular complexity index is 878. The molecule has 1 aromatic carbocycles. The van der Waals surface area contributed by atoms with Crippen LogP contribution in [0.5, 0.6) is 5.75 Å². The van der Waals surface area contributed by atoms with Crippen molar-refractivity contribution in [1.29, 1.82) is 0 Å². The number of carbonyl (C=O) groups is 1. The Morgan fingerprint density at radius 2 is 1.96 bits per heavy atom. The number of fused-ring (bicyclic) bond motifs is 1. The number of hydrogen-bond acceptors (Lipinski definition) is 6. The van der Waals surface area contributed by atoms with Crippen molar-refractivity contribution < 1.29 is 14.1 Å². The summed E-state index contributed by atoms with van der Waals surface area (Å²) in [5, 5.41) is 3.97. The van der Waals surface area contributed by atoms with Crippen LogP contribution in [-0.4, -0.2) is 27.1 Å². The first-order valence-electron chi connectivity index (χ1n) is 7.52. The number of amides is 1. The van der Waals surface area contributed by atoms with Crippen molar-refractivity contribution in [1.82, 2.24) is 15.1 Å². The van der Waals surface area contributed by atoms with Crippen molar-refractivity contribution in [3.05, 3.63) is 54.7 Å². The van der Waals surface area contributed by atoms with Gasteiger partial charge in [-0.15, -0.1) is 0 Å². The molecule has 0 radical (unpaired) electrons. The van der Waals surface area contributed by atoms with Gasteiger partial charge in [-0.3, -0.25) is 14.7 Å². The third-order valence-electron chi connectivity index (χ3n) is 3.77. The number of rotatable bonds is 3. The van der Waals surface area contributed by atoms with E-state index in [1.54, 1.807) is 36.4 Å². The Morgan fingerprint density at radius 1 is 1.17 bits per heavy atom. The van der Waals surface area contributed by atoms with Gasteiger partial charge in [0, 0.05) is 18.0 Å². The molecule has 0 fully saturated rings. The van der Waals surface area contributed by atoms with E-state index in [1.165, 1.54) is 0 Å². The van der Waals surface area contributed by atoms with Crippen molar-refractivity contribution in [2.75, 3.05) is 4.90 Å². The van der Waals surface area contributed by atoms with Gasteiger partial charge in [0.1, 0.15) is 12.3 Å². The highest BCUT2D eigenvalue weighted by Gasteiger charge is 2.32. The largest absolute Gasteiger partial charge is 0.479 e. The number of anilines is 1. The molecule has 3 heterocycles. The summed E-state index contributed by atoms with van der Waals surface area (Å²) in [5.41, 5.74) is 1.51. The molecule has 1 unspecified atom stereocenters. The van der Waals surface area contributed by atoms with Crippen LogP contribution in [0.4, 0.5) is 5.69 Å². The lowest BCUT2D eigenvalue weighted by Gasteiger charge is -2.31. The van der Waals surface area contributed by atoms with Crippen molar-refractivity contribution in [3.8, 4) is 17.1 Å². The monoisotopic (exact) mass is 322 g/mol. The molecule has 24 heavy (non-hydrogen) atoms. The Morgan fingerprint density at radius 3 is 2.79 bits per heavy atom. The van der Waals surface area contributed by atoms with E-state index in [-0.39, 0.29) is 12.5 Å². The van der Waals surface area contributed by atoms with Crippen molar-refractivity contribution in [2.45, 2.75) is 19.6 Å². The summed E-state index contributed by atoms with van der Waals surface area (Å²) >= 11 is 0. The molecule has 7 heteroatoms. The second-order valence-corrected chi connectivity index (χ2v) is 5.40. The molecular formula is C17H14N4O3. The summed E-state index contributed by atoms with van der Waals surface area (Å²) in [6.45, 7) is 1.92. The Kier molecular flexibility index (Phi) is 3.45. The molecule has 0 saturated carbocycles. The number of para-hydroxylation sites is 2. The van der Waals surface area contributed by atoms with Gasteiger partial charge in [-0.1, -0.05) is 17.3 Å². The molecule has 0 saturated heterocycles. The molecule has 3 aromatic rings. The smallest absolute Gasteiger partial charge is 0.268 e. The topological polar surface area (TPSA) is 81.3 Å². The predicted octanol–water partition coefficient (Wildman–Crippen LogP) is 2.45. The molecule has 7 nitrogen and oxygen atoms in total. The highest BCUT2D eigenvalue weighted by atomic mass is 16.5. The number of ether oxygens (including phenoxy) is 1. The lowest BCUT2D eigenvalue weighted by atomic mass is 10.2. The van der Waals surface area contributed by atoms with Crippen molar-refractivity contribution in [2.24, 2.45) is 0 Å². The van der Waals surface area contributed by atoms with Crippen LogP contribution in [0, 0.1) is 0 Å². The van der Waals surface area contributed by atoms with E-state index in [4.69, 9.17) is 9.26 Å². The standard InChI is InChI=1S/C17H14N4O3/c1-11-17(22)21(13-4-2-3-5-14(13)23-11)10-15-19-16(20-24-15)12-6-8-18-9-7-12/h2-9,11H,10H2,1H3. The lowest BCUT2D eigenvalue weighted by Crippen LogP contribution is -2.44. The minimum atomic E-state index is -0.553. The van der Waals surface area contributed by atoms with E-state index in [2.05, 4.69) is 15.1 Å². The molecule has 1 amide bonds.